The topological polar surface area (TPSA) is 67.4 Å². The van der Waals surface area contributed by atoms with Gasteiger partial charge in [-0.05, 0) is 21.8 Å². The Morgan fingerprint density at radius 1 is 1.47 bits per heavy atom. The minimum absolute atomic E-state index is 0.506. The molecule has 2 heterocycles. The molecular weight excluding hydrogens is 352 g/mol. The Hall–Kier alpha value is -0.830. The molecule has 2 aromatic heterocycles. The van der Waals surface area contributed by atoms with Gasteiger partial charge in [0.2, 0.25) is 0 Å². The summed E-state index contributed by atoms with van der Waals surface area (Å²) in [5, 5.41) is 3.06. The van der Waals surface area contributed by atoms with Gasteiger partial charge in [-0.3, -0.25) is 4.21 Å². The van der Waals surface area contributed by atoms with E-state index in [9.17, 15) is 4.21 Å². The fourth-order valence-electron chi connectivity index (χ4n) is 1.46. The largest absolute Gasteiger partial charge is 0.458 e. The van der Waals surface area contributed by atoms with Gasteiger partial charge in [-0.25, -0.2) is 4.72 Å². The van der Waals surface area contributed by atoms with Crippen LogP contribution in [-0.2, 0) is 9.71 Å². The summed E-state index contributed by atoms with van der Waals surface area (Å²) in [5.41, 5.74) is 1.11. The molecule has 0 fully saturated rings. The molecule has 19 heavy (non-hydrogen) atoms. The number of rotatable bonds is 5. The summed E-state index contributed by atoms with van der Waals surface area (Å²) in [6, 6.07) is 1.68. The first kappa shape index (κ1) is 14.6. The standard InChI is InChI=1S/C11H13BrN2O3S2/c1-19(2,15)14-4-3-13-9-5-8(18)11-10(17-9)7(12)6-16-11/h5-6,13H,1,3-4H2,2H3,(H,14,15). The Morgan fingerprint density at radius 2 is 2.21 bits per heavy atom. The van der Waals surface area contributed by atoms with Crippen molar-refractivity contribution in [3.63, 3.8) is 0 Å². The number of furan rings is 1. The zero-order chi connectivity index (χ0) is 14.0. The van der Waals surface area contributed by atoms with Crippen LogP contribution in [0.1, 0.15) is 0 Å². The third kappa shape index (κ3) is 3.82. The maximum absolute atomic E-state index is 11.3. The van der Waals surface area contributed by atoms with Gasteiger partial charge in [0.1, 0.15) is 6.26 Å². The van der Waals surface area contributed by atoms with Gasteiger partial charge in [-0.1, -0.05) is 12.2 Å². The van der Waals surface area contributed by atoms with E-state index in [0.29, 0.717) is 39.1 Å². The highest BCUT2D eigenvalue weighted by atomic mass is 79.9. The van der Waals surface area contributed by atoms with Crippen LogP contribution in [0.2, 0.25) is 0 Å². The number of hydrogen-bond donors (Lipinski definition) is 2. The lowest BCUT2D eigenvalue weighted by Crippen LogP contribution is -2.27. The van der Waals surface area contributed by atoms with Gasteiger partial charge in [-0.2, -0.15) is 0 Å². The van der Waals surface area contributed by atoms with E-state index >= 15 is 0 Å². The fourth-order valence-corrected chi connectivity index (χ4v) is 2.59. The first-order valence-electron chi connectivity index (χ1n) is 5.38. The summed E-state index contributed by atoms with van der Waals surface area (Å²) < 4.78 is 26.3. The van der Waals surface area contributed by atoms with Crippen LogP contribution in [-0.4, -0.2) is 29.4 Å². The molecule has 8 heteroatoms. The van der Waals surface area contributed by atoms with E-state index in [0.717, 1.165) is 0 Å². The van der Waals surface area contributed by atoms with E-state index < -0.39 is 9.71 Å². The van der Waals surface area contributed by atoms with E-state index in [2.05, 4.69) is 31.8 Å². The maximum atomic E-state index is 11.3. The summed E-state index contributed by atoms with van der Waals surface area (Å²) in [4.78, 5) is 0. The second-order valence-electron chi connectivity index (χ2n) is 4.04. The van der Waals surface area contributed by atoms with Crippen molar-refractivity contribution in [3.8, 4) is 0 Å². The van der Waals surface area contributed by atoms with Crippen LogP contribution in [0, 0.1) is 4.51 Å². The molecule has 0 aliphatic heterocycles. The van der Waals surface area contributed by atoms with Gasteiger partial charge in [0.25, 0.3) is 0 Å². The van der Waals surface area contributed by atoms with E-state index in [4.69, 9.17) is 21.1 Å². The number of nitrogens with one attached hydrogen (secondary N) is 2. The summed E-state index contributed by atoms with van der Waals surface area (Å²) in [6.45, 7) is 1.05. The molecule has 2 N–H and O–H groups in total. The van der Waals surface area contributed by atoms with Crippen LogP contribution in [0.25, 0.3) is 11.2 Å². The SMILES string of the molecule is C=S(C)(=O)NCCNc1cc(=S)c2occ(Br)c2o1. The lowest BCUT2D eigenvalue weighted by atomic mass is 10.4. The van der Waals surface area contributed by atoms with E-state index in [1.54, 1.807) is 12.3 Å². The van der Waals surface area contributed by atoms with Gasteiger partial charge in [0, 0.05) is 35.1 Å². The van der Waals surface area contributed by atoms with Crippen molar-refractivity contribution in [2.75, 3.05) is 24.7 Å². The molecule has 2 aromatic rings. The Morgan fingerprint density at radius 3 is 2.89 bits per heavy atom. The minimum Gasteiger partial charge on any atom is -0.458 e. The van der Waals surface area contributed by atoms with Crippen molar-refractivity contribution in [1.29, 1.82) is 0 Å². The Labute approximate surface area is 124 Å². The molecule has 1 atom stereocenters. The van der Waals surface area contributed by atoms with Crippen molar-refractivity contribution in [2.45, 2.75) is 0 Å². The van der Waals surface area contributed by atoms with Crippen LogP contribution < -0.4 is 10.0 Å². The smallest absolute Gasteiger partial charge is 0.195 e. The van der Waals surface area contributed by atoms with Gasteiger partial charge in [0.05, 0.1) is 8.98 Å². The molecule has 0 aliphatic carbocycles. The Balaban J connectivity index is 2.09. The molecule has 0 radical (unpaired) electrons. The molecule has 2 rings (SSSR count). The van der Waals surface area contributed by atoms with E-state index in [1.165, 1.54) is 6.26 Å². The first-order valence-corrected chi connectivity index (χ1v) is 8.72. The fraction of sp³-hybridized carbons (Fsp3) is 0.273. The number of halogens is 1. The van der Waals surface area contributed by atoms with Crippen molar-refractivity contribution in [1.82, 2.24) is 4.72 Å². The minimum atomic E-state index is -2.18. The molecule has 1 unspecified atom stereocenters. The van der Waals surface area contributed by atoms with E-state index in [1.807, 2.05) is 0 Å². The van der Waals surface area contributed by atoms with Crippen molar-refractivity contribution < 1.29 is 13.0 Å². The quantitative estimate of drug-likeness (QED) is 0.630. The average Bonchev–Trinajstić information content (AvgIpc) is 2.66. The van der Waals surface area contributed by atoms with Crippen LogP contribution >= 0.6 is 28.1 Å². The monoisotopic (exact) mass is 364 g/mol. The Kier molecular flexibility index (Phi) is 4.34. The Bertz CT molecular complexity index is 749. The van der Waals surface area contributed by atoms with Crippen LogP contribution in [0.4, 0.5) is 5.88 Å². The summed E-state index contributed by atoms with van der Waals surface area (Å²) in [7, 11) is -2.18. The van der Waals surface area contributed by atoms with Crippen molar-refractivity contribution in [3.05, 3.63) is 21.3 Å². The number of hydrogen-bond acceptors (Lipinski definition) is 5. The van der Waals surface area contributed by atoms with Crippen LogP contribution in [0.5, 0.6) is 0 Å². The third-order valence-electron chi connectivity index (χ3n) is 2.23. The van der Waals surface area contributed by atoms with Gasteiger partial charge >= 0.3 is 0 Å². The molecule has 0 bridgehead atoms. The molecule has 0 spiro atoms. The lowest BCUT2D eigenvalue weighted by molar-refractivity contribution is 0.587. The zero-order valence-electron chi connectivity index (χ0n) is 10.2. The van der Waals surface area contributed by atoms with Crippen LogP contribution in [0.15, 0.2) is 25.6 Å². The molecule has 104 valence electrons. The summed E-state index contributed by atoms with van der Waals surface area (Å²) in [6.07, 6.45) is 3.08. The predicted octanol–water partition coefficient (Wildman–Crippen LogP) is 2.78. The second-order valence-corrected chi connectivity index (χ2v) is 7.64. The van der Waals surface area contributed by atoms with Gasteiger partial charge < -0.3 is 14.2 Å². The highest BCUT2D eigenvalue weighted by Crippen LogP contribution is 2.29. The van der Waals surface area contributed by atoms with Gasteiger partial charge in [-0.15, -0.1) is 0 Å². The third-order valence-corrected chi connectivity index (χ3v) is 3.90. The van der Waals surface area contributed by atoms with Gasteiger partial charge in [0.15, 0.2) is 17.1 Å². The van der Waals surface area contributed by atoms with Crippen molar-refractivity contribution >= 4 is 60.8 Å². The maximum Gasteiger partial charge on any atom is 0.195 e. The molecule has 0 saturated heterocycles. The summed E-state index contributed by atoms with van der Waals surface area (Å²) in [5.74, 6) is 4.04. The molecule has 0 aromatic carbocycles. The molecule has 5 nitrogen and oxygen atoms in total. The normalized spacial score (nSPS) is 14.4. The molecule has 0 amide bonds. The number of fused-ring (bicyclic) bond motifs is 1. The first-order chi connectivity index (χ1) is 8.87. The van der Waals surface area contributed by atoms with Crippen LogP contribution in [0.3, 0.4) is 0 Å². The van der Waals surface area contributed by atoms with Crippen molar-refractivity contribution in [2.24, 2.45) is 0 Å². The molecule has 0 saturated carbocycles. The number of anilines is 1. The molecule has 0 aliphatic rings. The summed E-state index contributed by atoms with van der Waals surface area (Å²) >= 11 is 8.53. The zero-order valence-corrected chi connectivity index (χ0v) is 13.4. The predicted molar refractivity (Wildman–Crippen MR) is 84.7 cm³/mol. The highest BCUT2D eigenvalue weighted by molar-refractivity contribution is 9.10. The van der Waals surface area contributed by atoms with E-state index in [-0.39, 0.29) is 0 Å². The highest BCUT2D eigenvalue weighted by Gasteiger charge is 2.09. The lowest BCUT2D eigenvalue weighted by Gasteiger charge is -2.07. The second kappa shape index (κ2) is 5.66. The molecular formula is C11H13BrN2O3S2. The average molecular weight is 365 g/mol.